The van der Waals surface area contributed by atoms with E-state index in [0.717, 1.165) is 15.6 Å². The number of nitrogens with zero attached hydrogens (tertiary/aromatic N) is 1. The van der Waals surface area contributed by atoms with E-state index < -0.39 is 40.6 Å². The molecule has 0 saturated carbocycles. The number of sulfonamides is 1. The number of thiophene rings is 1. The normalized spacial score (nSPS) is 14.7. The Bertz CT molecular complexity index is 596. The maximum absolute atomic E-state index is 12.1. The van der Waals surface area contributed by atoms with Gasteiger partial charge in [-0.3, -0.25) is 4.79 Å². The lowest BCUT2D eigenvalue weighted by Gasteiger charge is -2.20. The fourth-order valence-electron chi connectivity index (χ4n) is 1.46. The van der Waals surface area contributed by atoms with E-state index in [0.29, 0.717) is 0 Å². The van der Waals surface area contributed by atoms with Gasteiger partial charge in [-0.25, -0.2) is 13.2 Å². The Morgan fingerprint density at radius 2 is 2.10 bits per heavy atom. The van der Waals surface area contributed by atoms with Gasteiger partial charge in [-0.05, 0) is 18.4 Å². The maximum atomic E-state index is 12.1. The third-order valence-electron chi connectivity index (χ3n) is 2.59. The smallest absolute Gasteiger partial charge is 0.328 e. The lowest BCUT2D eigenvalue weighted by molar-refractivity contribution is -0.144. The largest absolute Gasteiger partial charge is 0.480 e. The van der Waals surface area contributed by atoms with Crippen LogP contribution in [0.25, 0.3) is 0 Å². The Balaban J connectivity index is 2.73. The van der Waals surface area contributed by atoms with Gasteiger partial charge < -0.3 is 15.5 Å². The minimum atomic E-state index is -3.79. The summed E-state index contributed by atoms with van der Waals surface area (Å²) in [5, 5.41) is 21.7. The summed E-state index contributed by atoms with van der Waals surface area (Å²) in [5.41, 5.74) is 0. The van der Waals surface area contributed by atoms with Crippen LogP contribution in [0.1, 0.15) is 6.92 Å². The molecule has 1 aromatic rings. The molecule has 1 aromatic heterocycles. The molecular formula is C11H16N2O6S2. The third-order valence-corrected chi connectivity index (χ3v) is 5.77. The second-order valence-corrected chi connectivity index (χ2v) is 7.54. The first-order valence-electron chi connectivity index (χ1n) is 5.86. The molecule has 1 amide bonds. The average molecular weight is 336 g/mol. The van der Waals surface area contributed by atoms with Crippen molar-refractivity contribution in [2.75, 3.05) is 13.6 Å². The van der Waals surface area contributed by atoms with Crippen LogP contribution in [-0.4, -0.2) is 60.6 Å². The van der Waals surface area contributed by atoms with Crippen LogP contribution in [0.4, 0.5) is 0 Å². The molecule has 0 aliphatic carbocycles. The number of aliphatic carboxylic acids is 1. The highest BCUT2D eigenvalue weighted by molar-refractivity contribution is 7.91. The molecule has 1 heterocycles. The zero-order valence-corrected chi connectivity index (χ0v) is 13.0. The molecule has 0 aromatic carbocycles. The van der Waals surface area contributed by atoms with Gasteiger partial charge in [0.1, 0.15) is 4.21 Å². The SMILES string of the molecule is CC(O)C(NC(=O)CN(C)S(=O)(=O)c1cccs1)C(=O)O. The predicted octanol–water partition coefficient (Wildman–Crippen LogP) is -0.681. The van der Waals surface area contributed by atoms with E-state index in [-0.39, 0.29) is 4.21 Å². The maximum Gasteiger partial charge on any atom is 0.328 e. The van der Waals surface area contributed by atoms with Crippen molar-refractivity contribution in [1.82, 2.24) is 9.62 Å². The average Bonchev–Trinajstić information content (AvgIpc) is 2.89. The number of nitrogens with one attached hydrogen (secondary N) is 1. The molecule has 0 aliphatic rings. The summed E-state index contributed by atoms with van der Waals surface area (Å²) in [7, 11) is -2.57. The lowest BCUT2D eigenvalue weighted by Crippen LogP contribution is -2.50. The van der Waals surface area contributed by atoms with Crippen LogP contribution < -0.4 is 5.32 Å². The van der Waals surface area contributed by atoms with E-state index in [2.05, 4.69) is 5.32 Å². The van der Waals surface area contributed by atoms with Crippen molar-refractivity contribution < 1.29 is 28.2 Å². The van der Waals surface area contributed by atoms with Crippen LogP contribution in [0.15, 0.2) is 21.7 Å². The fourth-order valence-corrected chi connectivity index (χ4v) is 3.79. The number of rotatable bonds is 7. The van der Waals surface area contributed by atoms with E-state index in [1.165, 1.54) is 20.0 Å². The van der Waals surface area contributed by atoms with Crippen LogP contribution in [0.3, 0.4) is 0 Å². The van der Waals surface area contributed by atoms with Crippen LogP contribution in [0.5, 0.6) is 0 Å². The number of hydrogen-bond donors (Lipinski definition) is 3. The number of hydrogen-bond acceptors (Lipinski definition) is 6. The first-order valence-corrected chi connectivity index (χ1v) is 8.18. The third kappa shape index (κ3) is 4.49. The van der Waals surface area contributed by atoms with Crippen molar-refractivity contribution in [1.29, 1.82) is 0 Å². The standard InChI is InChI=1S/C11H16N2O6S2/c1-7(14)10(11(16)17)12-8(15)6-13(2)21(18,19)9-4-3-5-20-9/h3-5,7,10,14H,6H2,1-2H3,(H,12,15)(H,16,17). The van der Waals surface area contributed by atoms with Crippen molar-refractivity contribution in [3.63, 3.8) is 0 Å². The summed E-state index contributed by atoms with van der Waals surface area (Å²) >= 11 is 1.01. The number of amides is 1. The van der Waals surface area contributed by atoms with Gasteiger partial charge >= 0.3 is 5.97 Å². The van der Waals surface area contributed by atoms with E-state index in [4.69, 9.17) is 5.11 Å². The molecule has 1 rings (SSSR count). The molecule has 0 saturated heterocycles. The molecular weight excluding hydrogens is 320 g/mol. The monoisotopic (exact) mass is 336 g/mol. The van der Waals surface area contributed by atoms with E-state index in [1.807, 2.05) is 0 Å². The number of carboxylic acid groups (broad SMARTS) is 1. The number of aliphatic hydroxyl groups is 1. The number of carbonyl (C=O) groups is 2. The van der Waals surface area contributed by atoms with Gasteiger partial charge in [0.15, 0.2) is 6.04 Å². The molecule has 0 bridgehead atoms. The molecule has 0 aliphatic heterocycles. The van der Waals surface area contributed by atoms with Crippen LogP contribution in [-0.2, 0) is 19.6 Å². The van der Waals surface area contributed by atoms with Crippen molar-refractivity contribution in [3.05, 3.63) is 17.5 Å². The Kier molecular flexibility index (Phi) is 5.84. The van der Waals surface area contributed by atoms with Gasteiger partial charge in [-0.2, -0.15) is 4.31 Å². The number of carboxylic acids is 1. The summed E-state index contributed by atoms with van der Waals surface area (Å²) in [6, 6.07) is 1.49. The zero-order chi connectivity index (χ0) is 16.2. The van der Waals surface area contributed by atoms with Crippen LogP contribution in [0.2, 0.25) is 0 Å². The topological polar surface area (TPSA) is 124 Å². The molecule has 3 N–H and O–H groups in total. The quantitative estimate of drug-likeness (QED) is 0.606. The van der Waals surface area contributed by atoms with Gasteiger partial charge in [0.05, 0.1) is 12.6 Å². The minimum Gasteiger partial charge on any atom is -0.480 e. The molecule has 8 nitrogen and oxygen atoms in total. The van der Waals surface area contributed by atoms with E-state index >= 15 is 0 Å². The molecule has 0 radical (unpaired) electrons. The molecule has 118 valence electrons. The first kappa shape index (κ1) is 17.6. The van der Waals surface area contributed by atoms with Crippen molar-refractivity contribution in [2.45, 2.75) is 23.3 Å². The molecule has 2 atom stereocenters. The van der Waals surface area contributed by atoms with E-state index in [9.17, 15) is 23.1 Å². The number of aliphatic hydroxyl groups excluding tert-OH is 1. The molecule has 21 heavy (non-hydrogen) atoms. The molecule has 10 heteroatoms. The second kappa shape index (κ2) is 6.98. The second-order valence-electron chi connectivity index (χ2n) is 4.32. The molecule has 0 fully saturated rings. The van der Waals surface area contributed by atoms with Crippen molar-refractivity contribution in [3.8, 4) is 0 Å². The van der Waals surface area contributed by atoms with Gasteiger partial charge in [0, 0.05) is 7.05 Å². The van der Waals surface area contributed by atoms with Crippen molar-refractivity contribution in [2.24, 2.45) is 0 Å². The van der Waals surface area contributed by atoms with Gasteiger partial charge in [0.25, 0.3) is 10.0 Å². The highest BCUT2D eigenvalue weighted by atomic mass is 32.2. The van der Waals surface area contributed by atoms with Gasteiger partial charge in [-0.1, -0.05) is 6.07 Å². The predicted molar refractivity (Wildman–Crippen MR) is 75.4 cm³/mol. The Morgan fingerprint density at radius 3 is 2.52 bits per heavy atom. The van der Waals surface area contributed by atoms with Crippen molar-refractivity contribution >= 4 is 33.2 Å². The first-order chi connectivity index (χ1) is 9.66. The van der Waals surface area contributed by atoms with Crippen LogP contribution >= 0.6 is 11.3 Å². The number of likely N-dealkylation sites (N-methyl/N-ethyl adjacent to an activating group) is 1. The minimum absolute atomic E-state index is 0.0862. The Labute approximate surface area is 126 Å². The summed E-state index contributed by atoms with van der Waals surface area (Å²) in [5.74, 6) is -2.21. The highest BCUT2D eigenvalue weighted by Crippen LogP contribution is 2.19. The summed E-state index contributed by atoms with van der Waals surface area (Å²) in [4.78, 5) is 22.5. The Morgan fingerprint density at radius 1 is 1.48 bits per heavy atom. The highest BCUT2D eigenvalue weighted by Gasteiger charge is 2.28. The summed E-state index contributed by atoms with van der Waals surface area (Å²) in [6.07, 6.45) is -1.30. The number of carbonyl (C=O) groups excluding carboxylic acids is 1. The van der Waals surface area contributed by atoms with Gasteiger partial charge in [0.2, 0.25) is 5.91 Å². The molecule has 0 spiro atoms. The van der Waals surface area contributed by atoms with E-state index in [1.54, 1.807) is 11.4 Å². The van der Waals surface area contributed by atoms with Crippen LogP contribution in [0, 0.1) is 0 Å². The Hall–Kier alpha value is -1.49. The summed E-state index contributed by atoms with van der Waals surface area (Å²) in [6.45, 7) is 0.669. The lowest BCUT2D eigenvalue weighted by atomic mass is 10.2. The zero-order valence-electron chi connectivity index (χ0n) is 11.4. The molecule has 2 unspecified atom stereocenters. The fraction of sp³-hybridized carbons (Fsp3) is 0.455. The van der Waals surface area contributed by atoms with Gasteiger partial charge in [-0.15, -0.1) is 11.3 Å². The summed E-state index contributed by atoms with van der Waals surface area (Å²) < 4.78 is 25.0.